The van der Waals surface area contributed by atoms with Crippen molar-refractivity contribution in [3.8, 4) is 0 Å². The maximum absolute atomic E-state index is 12.4. The Kier molecular flexibility index (Phi) is 3.35. The van der Waals surface area contributed by atoms with E-state index in [0.717, 1.165) is 0 Å². The van der Waals surface area contributed by atoms with E-state index in [1.165, 1.54) is 6.92 Å². The Hall–Kier alpha value is -0.300. The molecule has 0 atom stereocenters. The quantitative estimate of drug-likeness (QED) is 0.789. The number of sulfone groups is 1. The monoisotopic (exact) mass is 245 g/mol. The highest BCUT2D eigenvalue weighted by Crippen LogP contribution is 2.48. The molecule has 0 aliphatic heterocycles. The van der Waals surface area contributed by atoms with Crippen LogP contribution in [0.4, 0.5) is 13.2 Å². The zero-order valence-corrected chi connectivity index (χ0v) is 9.21. The summed E-state index contributed by atoms with van der Waals surface area (Å²) in [7, 11) is -3.19. The van der Waals surface area contributed by atoms with E-state index in [4.69, 9.17) is 0 Å². The van der Waals surface area contributed by atoms with Crippen LogP contribution in [-0.2, 0) is 9.84 Å². The largest absolute Gasteiger partial charge is 0.406 e. The molecule has 1 aliphatic rings. The van der Waals surface area contributed by atoms with Crippen LogP contribution in [-0.4, -0.2) is 38.2 Å². The van der Waals surface area contributed by atoms with E-state index in [-0.39, 0.29) is 30.9 Å². The highest BCUT2D eigenvalue weighted by molar-refractivity contribution is 7.91. The molecule has 0 saturated heterocycles. The highest BCUT2D eigenvalue weighted by atomic mass is 32.2. The van der Waals surface area contributed by atoms with Crippen LogP contribution in [0.25, 0.3) is 0 Å². The fourth-order valence-electron chi connectivity index (χ4n) is 1.28. The molecule has 0 unspecified atom stereocenters. The van der Waals surface area contributed by atoms with Crippen molar-refractivity contribution in [2.24, 2.45) is 0 Å². The zero-order valence-electron chi connectivity index (χ0n) is 8.39. The minimum absolute atomic E-state index is 0.0340. The van der Waals surface area contributed by atoms with Gasteiger partial charge in [-0.05, 0) is 12.8 Å². The molecular formula is C8H14F3NO2S. The lowest BCUT2D eigenvalue weighted by atomic mass is 10.2. The average Bonchev–Trinajstić information content (AvgIpc) is 2.84. The summed E-state index contributed by atoms with van der Waals surface area (Å²) in [6, 6.07) is 0. The molecule has 1 aliphatic carbocycles. The smallest absolute Gasteiger partial charge is 0.303 e. The highest BCUT2D eigenvalue weighted by Gasteiger charge is 2.62. The third-order valence-electron chi connectivity index (χ3n) is 2.61. The van der Waals surface area contributed by atoms with Gasteiger partial charge in [-0.3, -0.25) is 0 Å². The van der Waals surface area contributed by atoms with Crippen LogP contribution >= 0.6 is 0 Å². The Morgan fingerprint density at radius 3 is 2.20 bits per heavy atom. The van der Waals surface area contributed by atoms with Gasteiger partial charge >= 0.3 is 6.18 Å². The van der Waals surface area contributed by atoms with E-state index >= 15 is 0 Å². The van der Waals surface area contributed by atoms with E-state index in [0.29, 0.717) is 0 Å². The first kappa shape index (κ1) is 12.8. The van der Waals surface area contributed by atoms with Gasteiger partial charge in [0, 0.05) is 12.3 Å². The van der Waals surface area contributed by atoms with Crippen molar-refractivity contribution in [1.29, 1.82) is 0 Å². The van der Waals surface area contributed by atoms with Crippen molar-refractivity contribution in [3.05, 3.63) is 0 Å². The van der Waals surface area contributed by atoms with Crippen LogP contribution in [0.1, 0.15) is 19.8 Å². The Bertz CT molecular complexity index is 319. The molecular weight excluding hydrogens is 231 g/mol. The van der Waals surface area contributed by atoms with Crippen LogP contribution < -0.4 is 5.32 Å². The predicted octanol–water partition coefficient (Wildman–Crippen LogP) is 1.11. The SMILES string of the molecule is CCS(=O)(=O)CCNC1(C(F)(F)F)CC1. The summed E-state index contributed by atoms with van der Waals surface area (Å²) in [4.78, 5) is 0. The predicted molar refractivity (Wildman–Crippen MR) is 50.4 cm³/mol. The molecule has 0 aromatic rings. The first-order valence-corrected chi connectivity index (χ1v) is 6.57. The van der Waals surface area contributed by atoms with Crippen molar-refractivity contribution in [3.63, 3.8) is 0 Å². The van der Waals surface area contributed by atoms with Crippen LogP contribution in [0.3, 0.4) is 0 Å². The molecule has 0 aromatic heterocycles. The minimum atomic E-state index is -4.27. The molecule has 15 heavy (non-hydrogen) atoms. The number of halogens is 3. The molecule has 1 saturated carbocycles. The molecule has 90 valence electrons. The number of rotatable bonds is 5. The van der Waals surface area contributed by atoms with Gasteiger partial charge in [-0.25, -0.2) is 8.42 Å². The van der Waals surface area contributed by atoms with Gasteiger partial charge in [0.25, 0.3) is 0 Å². The molecule has 0 radical (unpaired) electrons. The van der Waals surface area contributed by atoms with Gasteiger partial charge in [-0.2, -0.15) is 13.2 Å². The lowest BCUT2D eigenvalue weighted by Gasteiger charge is -2.20. The summed E-state index contributed by atoms with van der Waals surface area (Å²) < 4.78 is 59.2. The van der Waals surface area contributed by atoms with Gasteiger partial charge in [0.05, 0.1) is 5.75 Å². The van der Waals surface area contributed by atoms with Gasteiger partial charge in [-0.1, -0.05) is 6.92 Å². The van der Waals surface area contributed by atoms with E-state index < -0.39 is 21.6 Å². The van der Waals surface area contributed by atoms with Gasteiger partial charge in [0.2, 0.25) is 0 Å². The zero-order chi connectivity index (χ0) is 11.7. The molecule has 0 amide bonds. The molecule has 7 heteroatoms. The Labute approximate surface area is 87.0 Å². The van der Waals surface area contributed by atoms with Crippen LogP contribution in [0.15, 0.2) is 0 Å². The maximum atomic E-state index is 12.4. The standard InChI is InChI=1S/C8H14F3NO2S/c1-2-15(13,14)6-5-12-7(3-4-7)8(9,10)11/h12H,2-6H2,1H3. The van der Waals surface area contributed by atoms with Crippen molar-refractivity contribution < 1.29 is 21.6 Å². The average molecular weight is 245 g/mol. The number of alkyl halides is 3. The molecule has 0 heterocycles. The molecule has 0 spiro atoms. The summed E-state index contributed by atoms with van der Waals surface area (Å²) in [5, 5.41) is 2.30. The number of hydrogen-bond donors (Lipinski definition) is 1. The molecule has 1 rings (SSSR count). The minimum Gasteiger partial charge on any atom is -0.303 e. The van der Waals surface area contributed by atoms with Crippen LogP contribution in [0.2, 0.25) is 0 Å². The first-order valence-electron chi connectivity index (χ1n) is 4.75. The summed E-state index contributed by atoms with van der Waals surface area (Å²) in [5.41, 5.74) is -1.81. The molecule has 1 N–H and O–H groups in total. The number of nitrogens with one attached hydrogen (secondary N) is 1. The van der Waals surface area contributed by atoms with E-state index in [9.17, 15) is 21.6 Å². The molecule has 1 fully saturated rings. The third-order valence-corrected chi connectivity index (χ3v) is 4.31. The maximum Gasteiger partial charge on any atom is 0.406 e. The van der Waals surface area contributed by atoms with Gasteiger partial charge < -0.3 is 5.32 Å². The van der Waals surface area contributed by atoms with E-state index in [1.54, 1.807) is 0 Å². The van der Waals surface area contributed by atoms with Gasteiger partial charge in [-0.15, -0.1) is 0 Å². The van der Waals surface area contributed by atoms with Crippen molar-refractivity contribution in [2.45, 2.75) is 31.5 Å². The molecule has 3 nitrogen and oxygen atoms in total. The lowest BCUT2D eigenvalue weighted by Crippen LogP contribution is -2.46. The second kappa shape index (κ2) is 3.93. The van der Waals surface area contributed by atoms with E-state index in [2.05, 4.69) is 5.32 Å². The number of hydrogen-bond acceptors (Lipinski definition) is 3. The normalized spacial score (nSPS) is 20.3. The van der Waals surface area contributed by atoms with Gasteiger partial charge in [0.1, 0.15) is 5.54 Å². The summed E-state index contributed by atoms with van der Waals surface area (Å²) >= 11 is 0. The van der Waals surface area contributed by atoms with Crippen molar-refractivity contribution in [1.82, 2.24) is 5.32 Å². The fourth-order valence-corrected chi connectivity index (χ4v) is 1.98. The molecule has 0 bridgehead atoms. The van der Waals surface area contributed by atoms with Crippen molar-refractivity contribution >= 4 is 9.84 Å². The van der Waals surface area contributed by atoms with Crippen molar-refractivity contribution in [2.75, 3.05) is 18.1 Å². The summed E-state index contributed by atoms with van der Waals surface area (Å²) in [6.07, 6.45) is -4.19. The third kappa shape index (κ3) is 3.07. The Balaban J connectivity index is 2.40. The Morgan fingerprint density at radius 2 is 1.87 bits per heavy atom. The second-order valence-electron chi connectivity index (χ2n) is 3.74. The lowest BCUT2D eigenvalue weighted by molar-refractivity contribution is -0.165. The van der Waals surface area contributed by atoms with Gasteiger partial charge in [0.15, 0.2) is 9.84 Å². The van der Waals surface area contributed by atoms with E-state index in [1.807, 2.05) is 0 Å². The van der Waals surface area contributed by atoms with Crippen LogP contribution in [0, 0.1) is 0 Å². The molecule has 0 aromatic carbocycles. The Morgan fingerprint density at radius 1 is 1.33 bits per heavy atom. The first-order chi connectivity index (χ1) is 6.72. The summed E-state index contributed by atoms with van der Waals surface area (Å²) in [5.74, 6) is -0.269. The topological polar surface area (TPSA) is 46.2 Å². The fraction of sp³-hybridized carbons (Fsp3) is 1.00. The second-order valence-corrected chi connectivity index (χ2v) is 6.22. The summed E-state index contributed by atoms with van der Waals surface area (Å²) in [6.45, 7) is 1.35. The van der Waals surface area contributed by atoms with Crippen LogP contribution in [0.5, 0.6) is 0 Å².